The van der Waals surface area contributed by atoms with Crippen molar-refractivity contribution in [3.8, 4) is 0 Å². The highest BCUT2D eigenvalue weighted by atomic mass is 16.6. The standard InChI is InChI=1S/C13H22N2O2/c1-10(2)7-12(8-11(3)4)17-13(16)15-6-5-14-9-15/h5-6,9-12H,7-8H2,1-4H3. The summed E-state index contributed by atoms with van der Waals surface area (Å²) in [5, 5.41) is 0. The van der Waals surface area contributed by atoms with Crippen LogP contribution in [0.3, 0.4) is 0 Å². The fourth-order valence-electron chi connectivity index (χ4n) is 1.81. The van der Waals surface area contributed by atoms with Crippen molar-refractivity contribution in [1.82, 2.24) is 9.55 Å². The molecule has 0 aliphatic heterocycles. The Morgan fingerprint density at radius 2 is 1.82 bits per heavy atom. The Morgan fingerprint density at radius 1 is 1.24 bits per heavy atom. The number of carbonyl (C=O) groups is 1. The van der Waals surface area contributed by atoms with Gasteiger partial charge in [-0.15, -0.1) is 0 Å². The first-order valence-corrected chi connectivity index (χ1v) is 6.18. The number of hydrogen-bond donors (Lipinski definition) is 0. The number of hydrogen-bond acceptors (Lipinski definition) is 3. The molecule has 0 aliphatic rings. The molecule has 4 heteroatoms. The van der Waals surface area contributed by atoms with Crippen LogP contribution in [0.2, 0.25) is 0 Å². The smallest absolute Gasteiger partial charge is 0.419 e. The van der Waals surface area contributed by atoms with Gasteiger partial charge in [-0.25, -0.2) is 14.3 Å². The molecular formula is C13H22N2O2. The number of nitrogens with zero attached hydrogens (tertiary/aromatic N) is 2. The summed E-state index contributed by atoms with van der Waals surface area (Å²) in [5.41, 5.74) is 0. The number of aromatic nitrogens is 2. The SMILES string of the molecule is CC(C)CC(CC(C)C)OC(=O)n1ccnc1. The molecule has 1 aromatic rings. The van der Waals surface area contributed by atoms with Crippen molar-refractivity contribution in [3.05, 3.63) is 18.7 Å². The zero-order valence-electron chi connectivity index (χ0n) is 11.1. The van der Waals surface area contributed by atoms with Crippen LogP contribution in [0.25, 0.3) is 0 Å². The fourth-order valence-corrected chi connectivity index (χ4v) is 1.81. The summed E-state index contributed by atoms with van der Waals surface area (Å²) < 4.78 is 6.87. The van der Waals surface area contributed by atoms with Crippen LogP contribution in [0.15, 0.2) is 18.7 Å². The lowest BCUT2D eigenvalue weighted by Gasteiger charge is -2.21. The molecule has 1 rings (SSSR count). The summed E-state index contributed by atoms with van der Waals surface area (Å²) in [6, 6.07) is 0. The van der Waals surface area contributed by atoms with Crippen molar-refractivity contribution < 1.29 is 9.53 Å². The Balaban J connectivity index is 2.56. The van der Waals surface area contributed by atoms with E-state index in [0.717, 1.165) is 12.8 Å². The summed E-state index contributed by atoms with van der Waals surface area (Å²) in [5.74, 6) is 1.05. The van der Waals surface area contributed by atoms with E-state index in [0.29, 0.717) is 11.8 Å². The van der Waals surface area contributed by atoms with Gasteiger partial charge in [0.05, 0.1) is 0 Å². The van der Waals surface area contributed by atoms with Crippen LogP contribution in [0.1, 0.15) is 40.5 Å². The van der Waals surface area contributed by atoms with Crippen LogP contribution in [0, 0.1) is 11.8 Å². The summed E-state index contributed by atoms with van der Waals surface area (Å²) >= 11 is 0. The van der Waals surface area contributed by atoms with E-state index in [2.05, 4.69) is 32.7 Å². The molecule has 0 aromatic carbocycles. The zero-order valence-corrected chi connectivity index (χ0v) is 11.1. The van der Waals surface area contributed by atoms with Crippen molar-refractivity contribution in [3.63, 3.8) is 0 Å². The maximum absolute atomic E-state index is 11.8. The maximum Gasteiger partial charge on any atom is 0.419 e. The fraction of sp³-hybridized carbons (Fsp3) is 0.692. The van der Waals surface area contributed by atoms with Gasteiger partial charge in [0, 0.05) is 12.4 Å². The third-order valence-electron chi connectivity index (χ3n) is 2.45. The first-order chi connectivity index (χ1) is 7.99. The van der Waals surface area contributed by atoms with Crippen molar-refractivity contribution >= 4 is 6.09 Å². The second-order valence-electron chi connectivity index (χ2n) is 5.23. The largest absolute Gasteiger partial charge is 0.446 e. The minimum absolute atomic E-state index is 0.00935. The van der Waals surface area contributed by atoms with Gasteiger partial charge in [0.1, 0.15) is 12.4 Å². The average Bonchev–Trinajstić information content (AvgIpc) is 2.67. The Kier molecular flexibility index (Phi) is 5.19. The summed E-state index contributed by atoms with van der Waals surface area (Å²) in [7, 11) is 0. The van der Waals surface area contributed by atoms with Gasteiger partial charge >= 0.3 is 6.09 Å². The predicted molar refractivity (Wildman–Crippen MR) is 66.8 cm³/mol. The number of imidazole rings is 1. The molecule has 0 spiro atoms. The van der Waals surface area contributed by atoms with E-state index in [1.54, 1.807) is 12.4 Å². The van der Waals surface area contributed by atoms with Crippen LogP contribution >= 0.6 is 0 Å². The van der Waals surface area contributed by atoms with Crippen LogP contribution in [-0.4, -0.2) is 21.7 Å². The summed E-state index contributed by atoms with van der Waals surface area (Å²) in [4.78, 5) is 15.6. The van der Waals surface area contributed by atoms with Gasteiger partial charge < -0.3 is 4.74 Å². The van der Waals surface area contributed by atoms with Gasteiger partial charge in [0.15, 0.2) is 0 Å². The third-order valence-corrected chi connectivity index (χ3v) is 2.45. The lowest BCUT2D eigenvalue weighted by molar-refractivity contribution is 0.0738. The Hall–Kier alpha value is -1.32. The Bertz CT molecular complexity index is 321. The number of rotatable bonds is 5. The van der Waals surface area contributed by atoms with Crippen LogP contribution in [-0.2, 0) is 4.74 Å². The van der Waals surface area contributed by atoms with E-state index in [1.165, 1.54) is 10.9 Å². The normalized spacial score (nSPS) is 11.5. The van der Waals surface area contributed by atoms with E-state index in [4.69, 9.17) is 4.74 Å². The second kappa shape index (κ2) is 6.42. The minimum Gasteiger partial charge on any atom is -0.446 e. The van der Waals surface area contributed by atoms with E-state index in [1.807, 2.05) is 0 Å². The van der Waals surface area contributed by atoms with E-state index < -0.39 is 0 Å². The lowest BCUT2D eigenvalue weighted by Crippen LogP contribution is -2.24. The minimum atomic E-state index is -0.339. The Morgan fingerprint density at radius 3 is 2.24 bits per heavy atom. The molecule has 0 saturated heterocycles. The molecule has 0 bridgehead atoms. The lowest BCUT2D eigenvalue weighted by atomic mass is 9.98. The van der Waals surface area contributed by atoms with Crippen LogP contribution in [0.4, 0.5) is 4.79 Å². The highest BCUT2D eigenvalue weighted by Crippen LogP contribution is 2.17. The monoisotopic (exact) mass is 238 g/mol. The van der Waals surface area contributed by atoms with Crippen LogP contribution in [0.5, 0.6) is 0 Å². The predicted octanol–water partition coefficient (Wildman–Crippen LogP) is 3.33. The van der Waals surface area contributed by atoms with Gasteiger partial charge in [-0.05, 0) is 24.7 Å². The molecule has 0 fully saturated rings. The summed E-state index contributed by atoms with van der Waals surface area (Å²) in [6.07, 6.45) is 6.09. The van der Waals surface area contributed by atoms with Crippen molar-refractivity contribution in [1.29, 1.82) is 0 Å². The molecular weight excluding hydrogens is 216 g/mol. The Labute approximate surface area is 103 Å². The van der Waals surface area contributed by atoms with Crippen molar-refractivity contribution in [2.45, 2.75) is 46.6 Å². The molecule has 0 radical (unpaired) electrons. The highest BCUT2D eigenvalue weighted by Gasteiger charge is 2.18. The second-order valence-corrected chi connectivity index (χ2v) is 5.23. The van der Waals surface area contributed by atoms with Crippen LogP contribution < -0.4 is 0 Å². The van der Waals surface area contributed by atoms with E-state index in [9.17, 15) is 4.79 Å². The van der Waals surface area contributed by atoms with Crippen molar-refractivity contribution in [2.24, 2.45) is 11.8 Å². The molecule has 1 aromatic heterocycles. The molecule has 17 heavy (non-hydrogen) atoms. The molecule has 0 saturated carbocycles. The molecule has 0 unspecified atom stereocenters. The van der Waals surface area contributed by atoms with E-state index in [-0.39, 0.29) is 12.2 Å². The van der Waals surface area contributed by atoms with Gasteiger partial charge in [-0.1, -0.05) is 27.7 Å². The maximum atomic E-state index is 11.8. The molecule has 0 N–H and O–H groups in total. The first-order valence-electron chi connectivity index (χ1n) is 6.18. The summed E-state index contributed by atoms with van der Waals surface area (Å²) in [6.45, 7) is 8.55. The van der Waals surface area contributed by atoms with Gasteiger partial charge in [-0.3, -0.25) is 0 Å². The van der Waals surface area contributed by atoms with Gasteiger partial charge in [0.2, 0.25) is 0 Å². The number of ether oxygens (including phenoxy) is 1. The molecule has 96 valence electrons. The highest BCUT2D eigenvalue weighted by molar-refractivity contribution is 5.70. The molecule has 4 nitrogen and oxygen atoms in total. The molecule has 1 heterocycles. The molecule has 0 atom stereocenters. The average molecular weight is 238 g/mol. The van der Waals surface area contributed by atoms with Crippen molar-refractivity contribution in [2.75, 3.05) is 0 Å². The van der Waals surface area contributed by atoms with Gasteiger partial charge in [0.25, 0.3) is 0 Å². The third kappa shape index (κ3) is 5.02. The molecule has 0 aliphatic carbocycles. The first kappa shape index (κ1) is 13.7. The van der Waals surface area contributed by atoms with E-state index >= 15 is 0 Å². The molecule has 0 amide bonds. The zero-order chi connectivity index (χ0) is 12.8. The number of carbonyl (C=O) groups excluding carboxylic acids is 1. The van der Waals surface area contributed by atoms with Gasteiger partial charge in [-0.2, -0.15) is 0 Å². The topological polar surface area (TPSA) is 44.1 Å². The quantitative estimate of drug-likeness (QED) is 0.790.